The van der Waals surface area contributed by atoms with Crippen molar-refractivity contribution in [1.82, 2.24) is 14.5 Å². The molecule has 6 nitrogen and oxygen atoms in total. The Balaban J connectivity index is 1.55. The second kappa shape index (κ2) is 6.66. The molecule has 0 bridgehead atoms. The van der Waals surface area contributed by atoms with Crippen molar-refractivity contribution < 1.29 is 9.53 Å². The summed E-state index contributed by atoms with van der Waals surface area (Å²) in [4.78, 5) is 33.8. The first kappa shape index (κ1) is 17.5. The van der Waals surface area contributed by atoms with Crippen LogP contribution in [0.1, 0.15) is 29.3 Å². The van der Waals surface area contributed by atoms with E-state index in [4.69, 9.17) is 4.74 Å². The number of carbonyl (C=O) groups is 1. The van der Waals surface area contributed by atoms with Crippen LogP contribution in [0.2, 0.25) is 0 Å². The van der Waals surface area contributed by atoms with E-state index in [9.17, 15) is 9.59 Å². The Bertz CT molecular complexity index is 1220. The molecule has 0 aliphatic heterocycles. The normalized spacial score (nSPS) is 12.6. The molecule has 138 valence electrons. The molecule has 4 rings (SSSR count). The Morgan fingerprint density at radius 3 is 2.89 bits per heavy atom. The van der Waals surface area contributed by atoms with Crippen molar-refractivity contribution in [2.24, 2.45) is 0 Å². The maximum absolute atomic E-state index is 12.4. The van der Waals surface area contributed by atoms with Gasteiger partial charge in [0.25, 0.3) is 5.56 Å². The second-order valence-electron chi connectivity index (χ2n) is 6.55. The molecule has 3 aromatic heterocycles. The molecular weight excluding hydrogens is 362 g/mol. The van der Waals surface area contributed by atoms with Gasteiger partial charge in [-0.15, -0.1) is 11.3 Å². The summed E-state index contributed by atoms with van der Waals surface area (Å²) < 4.78 is 7.35. The molecule has 0 amide bonds. The smallest absolute Gasteiger partial charge is 0.326 e. The molecule has 1 atom stereocenters. The third kappa shape index (κ3) is 3.14. The standard InChI is InChI=1S/C20H19N3O3S/c1-11-13(3)27-20-17(11)19(25)21-18(22-20)12(2)26-16(24)10-23-9-8-14-6-4-5-7-15(14)23/h4-9,12H,10H2,1-3H3,(H,21,22,25)/t12-/m1/s1. The number of aromatic amines is 1. The molecular formula is C20H19N3O3S. The Morgan fingerprint density at radius 2 is 2.07 bits per heavy atom. The van der Waals surface area contributed by atoms with Crippen LogP contribution in [0.25, 0.3) is 21.1 Å². The maximum Gasteiger partial charge on any atom is 0.326 e. The number of esters is 1. The number of rotatable bonds is 4. The van der Waals surface area contributed by atoms with Gasteiger partial charge in [-0.05, 0) is 43.9 Å². The van der Waals surface area contributed by atoms with Crippen LogP contribution in [-0.4, -0.2) is 20.5 Å². The predicted molar refractivity (Wildman–Crippen MR) is 106 cm³/mol. The van der Waals surface area contributed by atoms with Crippen molar-refractivity contribution in [2.45, 2.75) is 33.4 Å². The van der Waals surface area contributed by atoms with E-state index in [0.29, 0.717) is 16.0 Å². The van der Waals surface area contributed by atoms with Crippen LogP contribution in [-0.2, 0) is 16.1 Å². The Morgan fingerprint density at radius 1 is 1.30 bits per heavy atom. The largest absolute Gasteiger partial charge is 0.453 e. The zero-order valence-electron chi connectivity index (χ0n) is 15.3. The molecule has 4 aromatic rings. The predicted octanol–water partition coefficient (Wildman–Crippen LogP) is 3.86. The van der Waals surface area contributed by atoms with Crippen LogP contribution in [0.3, 0.4) is 0 Å². The third-order valence-corrected chi connectivity index (χ3v) is 5.83. The Labute approximate surface area is 159 Å². The minimum absolute atomic E-state index is 0.0988. The average Bonchev–Trinajstić information content (AvgIpc) is 3.16. The highest BCUT2D eigenvalue weighted by molar-refractivity contribution is 7.18. The average molecular weight is 381 g/mol. The lowest BCUT2D eigenvalue weighted by molar-refractivity contribution is -0.149. The van der Waals surface area contributed by atoms with Crippen LogP contribution in [0.5, 0.6) is 0 Å². The van der Waals surface area contributed by atoms with E-state index >= 15 is 0 Å². The fraction of sp³-hybridized carbons (Fsp3) is 0.250. The molecule has 7 heteroatoms. The number of nitrogens with zero attached hydrogens (tertiary/aromatic N) is 2. The summed E-state index contributed by atoms with van der Waals surface area (Å²) in [6.07, 6.45) is 1.22. The van der Waals surface area contributed by atoms with E-state index in [1.165, 1.54) is 11.3 Å². The van der Waals surface area contributed by atoms with Crippen LogP contribution < -0.4 is 5.56 Å². The number of aryl methyl sites for hydroxylation is 2. The lowest BCUT2D eigenvalue weighted by atomic mass is 10.2. The number of para-hydroxylation sites is 1. The van der Waals surface area contributed by atoms with Gasteiger partial charge in [-0.25, -0.2) is 4.98 Å². The van der Waals surface area contributed by atoms with Gasteiger partial charge in [-0.3, -0.25) is 9.59 Å². The highest BCUT2D eigenvalue weighted by atomic mass is 32.1. The zero-order valence-corrected chi connectivity index (χ0v) is 16.1. The number of hydrogen-bond acceptors (Lipinski definition) is 5. The van der Waals surface area contributed by atoms with Crippen LogP contribution in [0.4, 0.5) is 0 Å². The lowest BCUT2D eigenvalue weighted by Crippen LogP contribution is -2.19. The quantitative estimate of drug-likeness (QED) is 0.545. The second-order valence-corrected chi connectivity index (χ2v) is 7.75. The van der Waals surface area contributed by atoms with Gasteiger partial charge in [-0.2, -0.15) is 0 Å². The zero-order chi connectivity index (χ0) is 19.1. The number of hydrogen-bond donors (Lipinski definition) is 1. The molecule has 0 aliphatic carbocycles. The number of aromatic nitrogens is 3. The summed E-state index contributed by atoms with van der Waals surface area (Å²) in [5, 5.41) is 1.68. The van der Waals surface area contributed by atoms with Gasteiger partial charge in [0.15, 0.2) is 11.9 Å². The summed E-state index contributed by atoms with van der Waals surface area (Å²) in [5.41, 5.74) is 1.72. The molecule has 0 radical (unpaired) electrons. The van der Waals surface area contributed by atoms with E-state index in [0.717, 1.165) is 21.3 Å². The Kier molecular flexibility index (Phi) is 4.31. The number of ether oxygens (including phenoxy) is 1. The van der Waals surface area contributed by atoms with Crippen molar-refractivity contribution in [3.63, 3.8) is 0 Å². The van der Waals surface area contributed by atoms with Gasteiger partial charge >= 0.3 is 5.97 Å². The molecule has 0 saturated heterocycles. The van der Waals surface area contributed by atoms with Crippen molar-refractivity contribution in [2.75, 3.05) is 0 Å². The topological polar surface area (TPSA) is 77.0 Å². The van der Waals surface area contributed by atoms with Gasteiger partial charge in [-0.1, -0.05) is 18.2 Å². The number of H-pyrrole nitrogens is 1. The van der Waals surface area contributed by atoms with Gasteiger partial charge in [0.1, 0.15) is 11.4 Å². The fourth-order valence-electron chi connectivity index (χ4n) is 3.17. The molecule has 1 N–H and O–H groups in total. The van der Waals surface area contributed by atoms with Crippen molar-refractivity contribution in [3.05, 3.63) is 63.1 Å². The minimum atomic E-state index is -0.640. The van der Waals surface area contributed by atoms with Gasteiger partial charge in [0, 0.05) is 16.6 Å². The molecule has 0 saturated carbocycles. The first-order chi connectivity index (χ1) is 12.9. The fourth-order valence-corrected chi connectivity index (χ4v) is 4.21. The molecule has 0 spiro atoms. The van der Waals surface area contributed by atoms with Crippen molar-refractivity contribution >= 4 is 38.4 Å². The summed E-state index contributed by atoms with van der Waals surface area (Å²) in [6.45, 7) is 5.69. The first-order valence-electron chi connectivity index (χ1n) is 8.67. The maximum atomic E-state index is 12.4. The highest BCUT2D eigenvalue weighted by Gasteiger charge is 2.18. The molecule has 3 heterocycles. The first-order valence-corrected chi connectivity index (χ1v) is 9.49. The van der Waals surface area contributed by atoms with Gasteiger partial charge < -0.3 is 14.3 Å². The van der Waals surface area contributed by atoms with Crippen LogP contribution in [0, 0.1) is 13.8 Å². The summed E-state index contributed by atoms with van der Waals surface area (Å²) >= 11 is 1.47. The van der Waals surface area contributed by atoms with Crippen molar-refractivity contribution in [1.29, 1.82) is 0 Å². The molecule has 1 aromatic carbocycles. The van der Waals surface area contributed by atoms with E-state index < -0.39 is 6.10 Å². The SMILES string of the molecule is Cc1sc2nc([C@@H](C)OC(=O)Cn3ccc4ccccc43)[nH]c(=O)c2c1C. The number of benzene rings is 1. The van der Waals surface area contributed by atoms with E-state index in [-0.39, 0.29) is 18.1 Å². The number of nitrogens with one attached hydrogen (secondary N) is 1. The third-order valence-electron chi connectivity index (χ3n) is 4.73. The number of thiophene rings is 1. The van der Waals surface area contributed by atoms with Gasteiger partial charge in [0.2, 0.25) is 0 Å². The van der Waals surface area contributed by atoms with Crippen molar-refractivity contribution in [3.8, 4) is 0 Å². The Hall–Kier alpha value is -2.93. The van der Waals surface area contributed by atoms with E-state index in [1.807, 2.05) is 54.9 Å². The van der Waals surface area contributed by atoms with Crippen LogP contribution in [0.15, 0.2) is 41.3 Å². The van der Waals surface area contributed by atoms with Crippen LogP contribution >= 0.6 is 11.3 Å². The lowest BCUT2D eigenvalue weighted by Gasteiger charge is -2.13. The summed E-state index contributed by atoms with van der Waals surface area (Å²) in [7, 11) is 0. The number of carbonyl (C=O) groups excluding carboxylic acids is 1. The minimum Gasteiger partial charge on any atom is -0.453 e. The van der Waals surface area contributed by atoms with E-state index in [2.05, 4.69) is 9.97 Å². The summed E-state index contributed by atoms with van der Waals surface area (Å²) in [6, 6.07) is 9.80. The van der Waals surface area contributed by atoms with Gasteiger partial charge in [0.05, 0.1) is 5.39 Å². The molecule has 0 fully saturated rings. The molecule has 0 aliphatic rings. The number of fused-ring (bicyclic) bond motifs is 2. The highest BCUT2D eigenvalue weighted by Crippen LogP contribution is 2.27. The monoisotopic (exact) mass is 381 g/mol. The summed E-state index contributed by atoms with van der Waals surface area (Å²) in [5.74, 6) is -0.0235. The molecule has 0 unspecified atom stereocenters. The van der Waals surface area contributed by atoms with E-state index in [1.54, 1.807) is 6.92 Å². The molecule has 27 heavy (non-hydrogen) atoms.